The third-order valence-corrected chi connectivity index (χ3v) is 4.85. The van der Waals surface area contributed by atoms with Crippen LogP contribution < -0.4 is 10.9 Å². The second-order valence-electron chi connectivity index (χ2n) is 5.57. The van der Waals surface area contributed by atoms with E-state index in [1.54, 1.807) is 19.1 Å². The molecule has 0 bridgehead atoms. The lowest BCUT2D eigenvalue weighted by Crippen LogP contribution is -2.42. The maximum Gasteiger partial charge on any atom is 0.281 e. The number of halogens is 1. The number of rotatable bonds is 4. The summed E-state index contributed by atoms with van der Waals surface area (Å²) >= 11 is 1.24. The molecule has 0 unspecified atom stereocenters. The fraction of sp³-hybridized carbons (Fsp3) is 0.105. The number of carbonyl (C=O) groups excluding carboxylic acids is 2. The summed E-state index contributed by atoms with van der Waals surface area (Å²) in [7, 11) is 0. The van der Waals surface area contributed by atoms with Crippen LogP contribution in [0.3, 0.4) is 0 Å². The van der Waals surface area contributed by atoms with E-state index in [2.05, 4.69) is 15.8 Å². The van der Waals surface area contributed by atoms with Crippen molar-refractivity contribution >= 4 is 23.2 Å². The standard InChI is InChI=1S/C19H16FN3O2S/c1-12-17(26-19(21-12)13-7-3-2-4-8-13)18(25)23-22-16(24)11-14-9-5-6-10-15(14)20/h2-10H,11H2,1H3,(H,22,24)(H,23,25). The van der Waals surface area contributed by atoms with Gasteiger partial charge in [-0.3, -0.25) is 20.4 Å². The van der Waals surface area contributed by atoms with Gasteiger partial charge in [0, 0.05) is 5.56 Å². The van der Waals surface area contributed by atoms with Gasteiger partial charge in [0.1, 0.15) is 15.7 Å². The van der Waals surface area contributed by atoms with E-state index >= 15 is 0 Å². The monoisotopic (exact) mass is 369 g/mol. The van der Waals surface area contributed by atoms with Crippen molar-refractivity contribution in [2.24, 2.45) is 0 Å². The molecular formula is C19H16FN3O2S. The van der Waals surface area contributed by atoms with Gasteiger partial charge in [-0.2, -0.15) is 0 Å². The molecule has 2 aromatic carbocycles. The second kappa shape index (κ2) is 7.88. The van der Waals surface area contributed by atoms with Crippen LogP contribution in [-0.2, 0) is 11.2 Å². The van der Waals surface area contributed by atoms with Gasteiger partial charge >= 0.3 is 0 Å². The highest BCUT2D eigenvalue weighted by atomic mass is 32.1. The third-order valence-electron chi connectivity index (χ3n) is 3.65. The van der Waals surface area contributed by atoms with Gasteiger partial charge < -0.3 is 0 Å². The quantitative estimate of drug-likeness (QED) is 0.694. The molecule has 0 saturated heterocycles. The summed E-state index contributed by atoms with van der Waals surface area (Å²) in [6.45, 7) is 1.74. The molecule has 3 aromatic rings. The Balaban J connectivity index is 1.63. The topological polar surface area (TPSA) is 71.1 Å². The first-order valence-corrected chi connectivity index (χ1v) is 8.71. The van der Waals surface area contributed by atoms with Gasteiger partial charge in [-0.25, -0.2) is 9.37 Å². The normalized spacial score (nSPS) is 10.4. The van der Waals surface area contributed by atoms with E-state index in [9.17, 15) is 14.0 Å². The highest BCUT2D eigenvalue weighted by Gasteiger charge is 2.17. The molecule has 2 amide bonds. The molecule has 0 atom stereocenters. The molecule has 0 radical (unpaired) electrons. The van der Waals surface area contributed by atoms with Crippen LogP contribution in [-0.4, -0.2) is 16.8 Å². The predicted octanol–water partition coefficient (Wildman–Crippen LogP) is 3.26. The van der Waals surface area contributed by atoms with E-state index < -0.39 is 17.6 Å². The number of thiazole rings is 1. The molecule has 2 N–H and O–H groups in total. The molecule has 0 aliphatic heterocycles. The molecule has 0 spiro atoms. The van der Waals surface area contributed by atoms with Crippen molar-refractivity contribution < 1.29 is 14.0 Å². The molecule has 0 aliphatic rings. The fourth-order valence-corrected chi connectivity index (χ4v) is 3.32. The molecule has 0 aliphatic carbocycles. The van der Waals surface area contributed by atoms with Crippen LogP contribution in [0.1, 0.15) is 20.9 Å². The van der Waals surface area contributed by atoms with Crippen molar-refractivity contribution in [1.82, 2.24) is 15.8 Å². The summed E-state index contributed by atoms with van der Waals surface area (Å²) in [6.07, 6.45) is -0.163. The average molecular weight is 369 g/mol. The summed E-state index contributed by atoms with van der Waals surface area (Å²) in [6, 6.07) is 15.5. The van der Waals surface area contributed by atoms with Gasteiger partial charge in [0.15, 0.2) is 0 Å². The highest BCUT2D eigenvalue weighted by molar-refractivity contribution is 7.17. The molecule has 132 valence electrons. The fourth-order valence-electron chi connectivity index (χ4n) is 2.35. The molecule has 3 rings (SSSR count). The lowest BCUT2D eigenvalue weighted by atomic mass is 10.1. The third kappa shape index (κ3) is 4.12. The molecule has 7 heteroatoms. The summed E-state index contributed by atoms with van der Waals surface area (Å²) in [5.41, 5.74) is 6.42. The van der Waals surface area contributed by atoms with E-state index in [1.807, 2.05) is 30.3 Å². The first-order chi connectivity index (χ1) is 12.5. The number of aryl methyl sites for hydroxylation is 1. The Kier molecular flexibility index (Phi) is 5.38. The lowest BCUT2D eigenvalue weighted by Gasteiger charge is -2.07. The Bertz CT molecular complexity index is 941. The largest absolute Gasteiger partial charge is 0.281 e. The summed E-state index contributed by atoms with van der Waals surface area (Å²) in [5.74, 6) is -1.42. The van der Waals surface area contributed by atoms with Crippen molar-refractivity contribution in [3.63, 3.8) is 0 Å². The van der Waals surface area contributed by atoms with Crippen LogP contribution in [0, 0.1) is 12.7 Å². The van der Waals surface area contributed by atoms with Gasteiger partial charge in [0.05, 0.1) is 12.1 Å². The maximum atomic E-state index is 13.6. The Morgan fingerprint density at radius 1 is 1.04 bits per heavy atom. The first-order valence-electron chi connectivity index (χ1n) is 7.90. The molecule has 0 saturated carbocycles. The number of nitrogens with one attached hydrogen (secondary N) is 2. The van der Waals surface area contributed by atoms with Crippen molar-refractivity contribution in [3.8, 4) is 10.6 Å². The number of aromatic nitrogens is 1. The van der Waals surface area contributed by atoms with Gasteiger partial charge in [-0.15, -0.1) is 11.3 Å². The minimum Gasteiger partial charge on any atom is -0.273 e. The maximum absolute atomic E-state index is 13.6. The van der Waals surface area contributed by atoms with Gasteiger partial charge in [0.2, 0.25) is 5.91 Å². The van der Waals surface area contributed by atoms with Crippen LogP contribution in [0.2, 0.25) is 0 Å². The Hall–Kier alpha value is -3.06. The van der Waals surface area contributed by atoms with E-state index in [-0.39, 0.29) is 12.0 Å². The van der Waals surface area contributed by atoms with Gasteiger partial charge in [-0.1, -0.05) is 48.5 Å². The van der Waals surface area contributed by atoms with Crippen LogP contribution in [0.15, 0.2) is 54.6 Å². The molecule has 1 aromatic heterocycles. The Labute approximate surface area is 153 Å². The van der Waals surface area contributed by atoms with E-state index in [0.717, 1.165) is 10.6 Å². The zero-order valence-electron chi connectivity index (χ0n) is 14.0. The van der Waals surface area contributed by atoms with Crippen LogP contribution in [0.25, 0.3) is 10.6 Å². The number of nitrogens with zero attached hydrogens (tertiary/aromatic N) is 1. The summed E-state index contributed by atoms with van der Waals surface area (Å²) in [4.78, 5) is 29.0. The smallest absolute Gasteiger partial charge is 0.273 e. The first kappa shape index (κ1) is 17.8. The van der Waals surface area contributed by atoms with E-state index in [1.165, 1.54) is 23.5 Å². The molecule has 5 nitrogen and oxygen atoms in total. The predicted molar refractivity (Wildman–Crippen MR) is 98.0 cm³/mol. The number of hydrogen-bond donors (Lipinski definition) is 2. The van der Waals surface area contributed by atoms with Crippen LogP contribution in [0.4, 0.5) is 4.39 Å². The van der Waals surface area contributed by atoms with Crippen molar-refractivity contribution in [2.75, 3.05) is 0 Å². The molecule has 1 heterocycles. The average Bonchev–Trinajstić information content (AvgIpc) is 3.04. The number of carbonyl (C=O) groups is 2. The molecule has 26 heavy (non-hydrogen) atoms. The minimum absolute atomic E-state index is 0.163. The minimum atomic E-state index is -0.506. The van der Waals surface area contributed by atoms with E-state index in [0.29, 0.717) is 10.6 Å². The summed E-state index contributed by atoms with van der Waals surface area (Å²) < 4.78 is 13.6. The van der Waals surface area contributed by atoms with Crippen molar-refractivity contribution in [1.29, 1.82) is 0 Å². The number of hydrogen-bond acceptors (Lipinski definition) is 4. The molecular weight excluding hydrogens is 353 g/mol. The zero-order chi connectivity index (χ0) is 18.5. The number of benzene rings is 2. The van der Waals surface area contributed by atoms with Gasteiger partial charge in [0.25, 0.3) is 5.91 Å². The molecule has 0 fully saturated rings. The van der Waals surface area contributed by atoms with E-state index in [4.69, 9.17) is 0 Å². The Morgan fingerprint density at radius 2 is 1.73 bits per heavy atom. The van der Waals surface area contributed by atoms with Crippen LogP contribution >= 0.6 is 11.3 Å². The lowest BCUT2D eigenvalue weighted by molar-refractivity contribution is -0.121. The SMILES string of the molecule is Cc1nc(-c2ccccc2)sc1C(=O)NNC(=O)Cc1ccccc1F. The Morgan fingerprint density at radius 3 is 2.46 bits per heavy atom. The summed E-state index contributed by atoms with van der Waals surface area (Å²) in [5, 5.41) is 0.728. The van der Waals surface area contributed by atoms with Gasteiger partial charge in [-0.05, 0) is 18.6 Å². The second-order valence-corrected chi connectivity index (χ2v) is 6.57. The number of amides is 2. The zero-order valence-corrected chi connectivity index (χ0v) is 14.8. The van der Waals surface area contributed by atoms with Crippen LogP contribution in [0.5, 0.6) is 0 Å². The number of hydrazine groups is 1. The van der Waals surface area contributed by atoms with Crippen molar-refractivity contribution in [2.45, 2.75) is 13.3 Å². The highest BCUT2D eigenvalue weighted by Crippen LogP contribution is 2.27. The van der Waals surface area contributed by atoms with Crippen molar-refractivity contribution in [3.05, 3.63) is 76.5 Å².